The number of hydrogen-bond donors (Lipinski definition) is 1. The molecule has 0 bridgehead atoms. The zero-order valence-electron chi connectivity index (χ0n) is 10.0. The van der Waals surface area contributed by atoms with Gasteiger partial charge in [0.05, 0.1) is 12.6 Å². The number of aliphatic hydroxyl groups excluding tert-OH is 1. The van der Waals surface area contributed by atoms with Gasteiger partial charge in [-0.05, 0) is 39.2 Å². The molecule has 1 aromatic heterocycles. The first kappa shape index (κ1) is 12.0. The van der Waals surface area contributed by atoms with Crippen LogP contribution in [0.3, 0.4) is 0 Å². The minimum Gasteiger partial charge on any atom is -0.393 e. The predicted molar refractivity (Wildman–Crippen MR) is 66.5 cm³/mol. The quantitative estimate of drug-likeness (QED) is 0.878. The highest BCUT2D eigenvalue weighted by Crippen LogP contribution is 2.22. The van der Waals surface area contributed by atoms with Crippen LogP contribution >= 0.6 is 11.3 Å². The SMILES string of the molecule is Cc1csc(CN2CCCC(C(C)O)C2)n1. The molecule has 1 aliphatic heterocycles. The number of aryl methyl sites for hydroxylation is 1. The van der Waals surface area contributed by atoms with E-state index in [2.05, 4.69) is 15.3 Å². The molecular formula is C12H20N2OS. The van der Waals surface area contributed by atoms with Gasteiger partial charge in [-0.15, -0.1) is 11.3 Å². The second kappa shape index (κ2) is 5.25. The van der Waals surface area contributed by atoms with E-state index in [1.807, 2.05) is 13.8 Å². The number of piperidine rings is 1. The summed E-state index contributed by atoms with van der Waals surface area (Å²) in [6, 6.07) is 0. The number of likely N-dealkylation sites (tertiary alicyclic amines) is 1. The maximum absolute atomic E-state index is 9.63. The highest BCUT2D eigenvalue weighted by Gasteiger charge is 2.23. The smallest absolute Gasteiger partial charge is 0.107 e. The Labute approximate surface area is 101 Å². The fourth-order valence-corrected chi connectivity index (χ4v) is 3.11. The van der Waals surface area contributed by atoms with E-state index in [4.69, 9.17) is 0 Å². The molecule has 4 heteroatoms. The molecule has 2 atom stereocenters. The maximum Gasteiger partial charge on any atom is 0.107 e. The van der Waals surface area contributed by atoms with Crippen molar-refractivity contribution >= 4 is 11.3 Å². The van der Waals surface area contributed by atoms with Crippen LogP contribution < -0.4 is 0 Å². The van der Waals surface area contributed by atoms with Gasteiger partial charge in [0.1, 0.15) is 5.01 Å². The minimum absolute atomic E-state index is 0.180. The van der Waals surface area contributed by atoms with Crippen LogP contribution in [0.15, 0.2) is 5.38 Å². The number of thiazole rings is 1. The van der Waals surface area contributed by atoms with E-state index in [0.29, 0.717) is 5.92 Å². The van der Waals surface area contributed by atoms with Crippen molar-refractivity contribution in [2.45, 2.75) is 39.3 Å². The Morgan fingerprint density at radius 3 is 3.12 bits per heavy atom. The minimum atomic E-state index is -0.180. The van der Waals surface area contributed by atoms with Crippen LogP contribution in [0.1, 0.15) is 30.5 Å². The van der Waals surface area contributed by atoms with Crippen molar-refractivity contribution in [2.75, 3.05) is 13.1 Å². The Bertz CT molecular complexity index is 338. The van der Waals surface area contributed by atoms with Gasteiger partial charge in [0.15, 0.2) is 0 Å². The second-order valence-corrected chi connectivity index (χ2v) is 5.70. The third-order valence-corrected chi connectivity index (χ3v) is 4.20. The monoisotopic (exact) mass is 240 g/mol. The van der Waals surface area contributed by atoms with Gasteiger partial charge in [-0.25, -0.2) is 4.98 Å². The lowest BCUT2D eigenvalue weighted by Crippen LogP contribution is -2.38. The summed E-state index contributed by atoms with van der Waals surface area (Å²) in [4.78, 5) is 6.90. The van der Waals surface area contributed by atoms with Crippen LogP contribution in [0.25, 0.3) is 0 Å². The lowest BCUT2D eigenvalue weighted by Gasteiger charge is -2.33. The molecular weight excluding hydrogens is 220 g/mol. The number of aliphatic hydroxyl groups is 1. The highest BCUT2D eigenvalue weighted by atomic mass is 32.1. The fourth-order valence-electron chi connectivity index (χ4n) is 2.30. The van der Waals surface area contributed by atoms with E-state index in [9.17, 15) is 5.11 Å². The lowest BCUT2D eigenvalue weighted by atomic mass is 9.93. The Hall–Kier alpha value is -0.450. The maximum atomic E-state index is 9.63. The van der Waals surface area contributed by atoms with Crippen LogP contribution in [0.2, 0.25) is 0 Å². The summed E-state index contributed by atoms with van der Waals surface area (Å²) in [6.07, 6.45) is 2.17. The summed E-state index contributed by atoms with van der Waals surface area (Å²) in [6.45, 7) is 7.04. The van der Waals surface area contributed by atoms with Gasteiger partial charge in [-0.1, -0.05) is 0 Å². The van der Waals surface area contributed by atoms with Crippen LogP contribution in [0, 0.1) is 12.8 Å². The van der Waals surface area contributed by atoms with E-state index in [1.165, 1.54) is 11.4 Å². The van der Waals surface area contributed by atoms with Gasteiger partial charge in [0.2, 0.25) is 0 Å². The van der Waals surface area contributed by atoms with Gasteiger partial charge < -0.3 is 5.11 Å². The van der Waals surface area contributed by atoms with Crippen molar-refractivity contribution in [1.29, 1.82) is 0 Å². The van der Waals surface area contributed by atoms with E-state index >= 15 is 0 Å². The molecule has 0 amide bonds. The molecule has 0 aromatic carbocycles. The Morgan fingerprint density at radius 1 is 1.69 bits per heavy atom. The van der Waals surface area contributed by atoms with E-state index in [1.54, 1.807) is 11.3 Å². The summed E-state index contributed by atoms with van der Waals surface area (Å²) in [5, 5.41) is 12.9. The Kier molecular flexibility index (Phi) is 3.95. The van der Waals surface area contributed by atoms with Gasteiger partial charge >= 0.3 is 0 Å². The molecule has 2 rings (SSSR count). The van der Waals surface area contributed by atoms with Gasteiger partial charge in [-0.3, -0.25) is 4.90 Å². The number of rotatable bonds is 3. The molecule has 1 aromatic rings. The summed E-state index contributed by atoms with van der Waals surface area (Å²) in [7, 11) is 0. The summed E-state index contributed by atoms with van der Waals surface area (Å²) in [5.74, 6) is 0.440. The molecule has 0 spiro atoms. The summed E-state index contributed by atoms with van der Waals surface area (Å²) >= 11 is 1.74. The van der Waals surface area contributed by atoms with Crippen LogP contribution in [0.4, 0.5) is 0 Å². The first-order valence-corrected chi connectivity index (χ1v) is 6.84. The van der Waals surface area contributed by atoms with Crippen molar-refractivity contribution in [3.05, 3.63) is 16.1 Å². The standard InChI is InChI=1S/C12H20N2OS/c1-9-8-16-12(13-9)7-14-5-3-4-11(6-14)10(2)15/h8,10-11,15H,3-7H2,1-2H3. The molecule has 1 fully saturated rings. The molecule has 0 radical (unpaired) electrons. The molecule has 3 nitrogen and oxygen atoms in total. The fraction of sp³-hybridized carbons (Fsp3) is 0.750. The topological polar surface area (TPSA) is 36.4 Å². The average molecular weight is 240 g/mol. The molecule has 90 valence electrons. The van der Waals surface area contributed by atoms with Gasteiger partial charge in [-0.2, -0.15) is 0 Å². The molecule has 2 unspecified atom stereocenters. The van der Waals surface area contributed by atoms with Crippen LogP contribution in [0.5, 0.6) is 0 Å². The molecule has 2 heterocycles. The zero-order valence-corrected chi connectivity index (χ0v) is 10.8. The molecule has 1 N–H and O–H groups in total. The normalized spacial score (nSPS) is 24.6. The molecule has 1 aliphatic rings. The van der Waals surface area contributed by atoms with Crippen LogP contribution in [-0.2, 0) is 6.54 Å². The molecule has 1 saturated heterocycles. The van der Waals surface area contributed by atoms with E-state index in [-0.39, 0.29) is 6.10 Å². The number of nitrogens with zero attached hydrogens (tertiary/aromatic N) is 2. The van der Waals surface area contributed by atoms with Crippen molar-refractivity contribution < 1.29 is 5.11 Å². The second-order valence-electron chi connectivity index (χ2n) is 4.76. The first-order chi connectivity index (χ1) is 7.65. The third-order valence-electron chi connectivity index (χ3n) is 3.25. The molecule has 0 aliphatic carbocycles. The summed E-state index contributed by atoms with van der Waals surface area (Å²) in [5.41, 5.74) is 1.11. The zero-order chi connectivity index (χ0) is 11.5. The van der Waals surface area contributed by atoms with E-state index < -0.39 is 0 Å². The van der Waals surface area contributed by atoms with Gasteiger partial charge in [0.25, 0.3) is 0 Å². The third kappa shape index (κ3) is 3.03. The summed E-state index contributed by atoms with van der Waals surface area (Å²) < 4.78 is 0. The van der Waals surface area contributed by atoms with Crippen molar-refractivity contribution in [1.82, 2.24) is 9.88 Å². The molecule has 16 heavy (non-hydrogen) atoms. The average Bonchev–Trinajstić information content (AvgIpc) is 2.64. The van der Waals surface area contributed by atoms with Crippen LogP contribution in [-0.4, -0.2) is 34.2 Å². The lowest BCUT2D eigenvalue weighted by molar-refractivity contribution is 0.0598. The Balaban J connectivity index is 1.90. The van der Waals surface area contributed by atoms with Crippen molar-refractivity contribution in [3.8, 4) is 0 Å². The highest BCUT2D eigenvalue weighted by molar-refractivity contribution is 7.09. The van der Waals surface area contributed by atoms with E-state index in [0.717, 1.165) is 31.7 Å². The predicted octanol–water partition coefficient (Wildman–Crippen LogP) is 2.04. The van der Waals surface area contributed by atoms with Crippen molar-refractivity contribution in [2.24, 2.45) is 5.92 Å². The number of aromatic nitrogens is 1. The Morgan fingerprint density at radius 2 is 2.50 bits per heavy atom. The van der Waals surface area contributed by atoms with Gasteiger partial charge in [0, 0.05) is 17.6 Å². The molecule has 0 saturated carbocycles. The first-order valence-electron chi connectivity index (χ1n) is 5.96. The number of hydrogen-bond acceptors (Lipinski definition) is 4. The largest absolute Gasteiger partial charge is 0.393 e. The van der Waals surface area contributed by atoms with Crippen molar-refractivity contribution in [3.63, 3.8) is 0 Å².